The average Bonchev–Trinajstić information content (AvgIpc) is 4.02. The first-order valence-corrected chi connectivity index (χ1v) is 26.5. The Hall–Kier alpha value is -7.54. The maximum atomic E-state index is 2.64. The van der Waals surface area contributed by atoms with Gasteiger partial charge in [-0.1, -0.05) is 147 Å². The number of rotatable bonds is 2. The Morgan fingerprint density at radius 2 is 0.958 bits per heavy atom. The SMILES string of the molecule is CC(C)(C)c1cc2c3c(c1)N1c4c(cccc4-n4c5ccccc5c5cccc1c54)B3c1ccc(-n3c4ccc(C(C)(C)C)cc4c4cc(C(C)(C)C)ccc43)cc1N2c1ccc2c(c1)sc1ccccc12. The summed E-state index contributed by atoms with van der Waals surface area (Å²) in [6.07, 6.45) is 0. The number of benzene rings is 9. The van der Waals surface area contributed by atoms with Crippen LogP contribution in [0.3, 0.4) is 0 Å². The molecule has 0 unspecified atom stereocenters. The van der Waals surface area contributed by atoms with Crippen LogP contribution in [0.2, 0.25) is 0 Å². The van der Waals surface area contributed by atoms with Crippen molar-refractivity contribution in [3.05, 3.63) is 187 Å². The molecule has 3 aromatic heterocycles. The summed E-state index contributed by atoms with van der Waals surface area (Å²) in [5.41, 5.74) is 22.6. The van der Waals surface area contributed by atoms with E-state index in [9.17, 15) is 0 Å². The van der Waals surface area contributed by atoms with Gasteiger partial charge in [-0.15, -0.1) is 11.3 Å². The number of thiophene rings is 1. The van der Waals surface area contributed by atoms with Crippen molar-refractivity contribution >= 4 is 132 Å². The van der Waals surface area contributed by atoms with Gasteiger partial charge in [0.2, 0.25) is 0 Å². The van der Waals surface area contributed by atoms with Gasteiger partial charge in [-0.2, -0.15) is 0 Å². The van der Waals surface area contributed by atoms with E-state index >= 15 is 0 Å². The smallest absolute Gasteiger partial charge is 0.252 e. The van der Waals surface area contributed by atoms with Gasteiger partial charge in [0.05, 0.1) is 39.1 Å². The van der Waals surface area contributed by atoms with Crippen LogP contribution in [-0.2, 0) is 16.2 Å². The summed E-state index contributed by atoms with van der Waals surface area (Å²) in [5, 5.41) is 7.79. The molecule has 0 amide bonds. The zero-order valence-electron chi connectivity index (χ0n) is 42.4. The van der Waals surface area contributed by atoms with Crippen molar-refractivity contribution in [1.29, 1.82) is 0 Å². The molecule has 15 rings (SSSR count). The van der Waals surface area contributed by atoms with Crippen molar-refractivity contribution in [3.8, 4) is 11.4 Å². The van der Waals surface area contributed by atoms with Gasteiger partial charge in [0.25, 0.3) is 6.71 Å². The van der Waals surface area contributed by atoms with Crippen LogP contribution in [-0.4, -0.2) is 15.8 Å². The molecule has 0 bridgehead atoms. The molecule has 0 saturated heterocycles. The lowest BCUT2D eigenvalue weighted by Crippen LogP contribution is -2.62. The quantitative estimate of drug-likeness (QED) is 0.161. The summed E-state index contributed by atoms with van der Waals surface area (Å²) < 4.78 is 7.70. The van der Waals surface area contributed by atoms with Crippen LogP contribution in [0.15, 0.2) is 170 Å². The van der Waals surface area contributed by atoms with Crippen molar-refractivity contribution < 1.29 is 0 Å². The van der Waals surface area contributed by atoms with Crippen LogP contribution in [0.25, 0.3) is 75.2 Å². The van der Waals surface area contributed by atoms with Gasteiger partial charge in [-0.05, 0) is 134 Å². The Labute approximate surface area is 425 Å². The number of anilines is 6. The molecule has 3 aliphatic rings. The van der Waals surface area contributed by atoms with Crippen LogP contribution in [0, 0.1) is 0 Å². The highest BCUT2D eigenvalue weighted by molar-refractivity contribution is 7.25. The third-order valence-electron chi connectivity index (χ3n) is 16.5. The van der Waals surface area contributed by atoms with Crippen LogP contribution < -0.4 is 26.2 Å². The van der Waals surface area contributed by atoms with Crippen LogP contribution in [0.5, 0.6) is 0 Å². The van der Waals surface area contributed by atoms with E-state index in [0.29, 0.717) is 0 Å². The fourth-order valence-electron chi connectivity index (χ4n) is 12.8. The molecule has 6 heterocycles. The fraction of sp³-hybridized carbons (Fsp3) is 0.182. The maximum absolute atomic E-state index is 2.64. The van der Waals surface area contributed by atoms with Gasteiger partial charge in [0, 0.05) is 70.2 Å². The van der Waals surface area contributed by atoms with E-state index in [2.05, 4.69) is 251 Å². The van der Waals surface area contributed by atoms with E-state index in [1.165, 1.54) is 137 Å². The Morgan fingerprint density at radius 3 is 1.68 bits per heavy atom. The fourth-order valence-corrected chi connectivity index (χ4v) is 14.0. The summed E-state index contributed by atoms with van der Waals surface area (Å²) in [7, 11) is 0. The van der Waals surface area contributed by atoms with Crippen molar-refractivity contribution in [3.63, 3.8) is 0 Å². The lowest BCUT2D eigenvalue weighted by atomic mass is 9.33. The van der Waals surface area contributed by atoms with Crippen LogP contribution in [0.4, 0.5) is 34.1 Å². The summed E-state index contributed by atoms with van der Waals surface area (Å²) in [6, 6.07) is 65.9. The molecule has 0 aliphatic carbocycles. The first-order valence-electron chi connectivity index (χ1n) is 25.7. The Kier molecular flexibility index (Phi) is 8.27. The Balaban J connectivity index is 1.06. The lowest BCUT2D eigenvalue weighted by Gasteiger charge is -2.47. The highest BCUT2D eigenvalue weighted by Gasteiger charge is 2.47. The molecule has 9 aromatic carbocycles. The van der Waals surface area contributed by atoms with Gasteiger partial charge in [0.15, 0.2) is 0 Å². The lowest BCUT2D eigenvalue weighted by molar-refractivity contribution is 0.590. The molecule has 3 aliphatic heterocycles. The standard InChI is InChI=1S/C66H55BN4S/c1-64(2,3)38-24-30-52-47(32-38)48-33-39(65(4,5)6)25-31-53(48)68(52)41-27-29-49-56(36-41)69(42-26-28-45-44-17-11-13-23-59(44)72-60(45)37-42)57-34-40(66(7,8)9)35-58-61(57)67(49)50-19-15-22-55-63(50)71(58)54-21-14-18-46-43-16-10-12-20-51(43)70(55)62(46)54/h10-37H,1-9H3. The number of hydrogen-bond donors (Lipinski definition) is 0. The van der Waals surface area contributed by atoms with E-state index in [1.807, 2.05) is 11.3 Å². The first-order chi connectivity index (χ1) is 34.6. The highest BCUT2D eigenvalue weighted by atomic mass is 32.1. The Bertz CT molecular complexity index is 4300. The van der Waals surface area contributed by atoms with Crippen LogP contribution in [0.1, 0.15) is 79.0 Å². The zero-order valence-corrected chi connectivity index (χ0v) is 43.3. The van der Waals surface area contributed by atoms with Gasteiger partial charge in [-0.3, -0.25) is 0 Å². The maximum Gasteiger partial charge on any atom is 0.252 e. The monoisotopic (exact) mass is 946 g/mol. The van der Waals surface area contributed by atoms with Crippen molar-refractivity contribution in [2.45, 2.75) is 78.6 Å². The number of nitrogens with zero attached hydrogens (tertiary/aromatic N) is 4. The zero-order chi connectivity index (χ0) is 48.9. The topological polar surface area (TPSA) is 16.3 Å². The molecule has 348 valence electrons. The molecule has 0 atom stereocenters. The number of aromatic nitrogens is 2. The third kappa shape index (κ3) is 5.64. The van der Waals surface area contributed by atoms with Crippen molar-refractivity contribution in [2.24, 2.45) is 0 Å². The second-order valence-electron chi connectivity index (χ2n) is 23.8. The second-order valence-corrected chi connectivity index (χ2v) is 24.9. The molecule has 6 heteroatoms. The molecular formula is C66H55BN4S. The predicted molar refractivity (Wildman–Crippen MR) is 312 cm³/mol. The third-order valence-corrected chi connectivity index (χ3v) is 17.6. The van der Waals surface area contributed by atoms with Crippen molar-refractivity contribution in [2.75, 3.05) is 9.80 Å². The number of hydrogen-bond acceptors (Lipinski definition) is 3. The highest BCUT2D eigenvalue weighted by Crippen LogP contribution is 2.53. The van der Waals surface area contributed by atoms with E-state index in [-0.39, 0.29) is 23.0 Å². The summed E-state index contributed by atoms with van der Waals surface area (Å²) in [6.45, 7) is 21.0. The van der Waals surface area contributed by atoms with Crippen LogP contribution >= 0.6 is 11.3 Å². The normalized spacial score (nSPS) is 14.1. The minimum absolute atomic E-state index is 0.0129. The van der Waals surface area contributed by atoms with Gasteiger partial charge in [0.1, 0.15) is 0 Å². The minimum atomic E-state index is -0.137. The Morgan fingerprint density at radius 1 is 0.361 bits per heavy atom. The van der Waals surface area contributed by atoms with E-state index in [1.54, 1.807) is 0 Å². The minimum Gasteiger partial charge on any atom is -0.311 e. The molecular weight excluding hydrogens is 892 g/mol. The molecule has 4 nitrogen and oxygen atoms in total. The molecule has 0 radical (unpaired) electrons. The van der Waals surface area contributed by atoms with Crippen molar-refractivity contribution in [1.82, 2.24) is 9.13 Å². The van der Waals surface area contributed by atoms with Gasteiger partial charge >= 0.3 is 0 Å². The van der Waals surface area contributed by atoms with E-state index in [0.717, 1.165) is 5.69 Å². The molecule has 0 saturated carbocycles. The van der Waals surface area contributed by atoms with E-state index in [4.69, 9.17) is 0 Å². The summed E-state index contributed by atoms with van der Waals surface area (Å²) >= 11 is 1.89. The largest absolute Gasteiger partial charge is 0.311 e. The summed E-state index contributed by atoms with van der Waals surface area (Å²) in [5.74, 6) is 0. The van der Waals surface area contributed by atoms with E-state index < -0.39 is 0 Å². The molecule has 0 fully saturated rings. The molecule has 12 aromatic rings. The molecule has 0 spiro atoms. The van der Waals surface area contributed by atoms with Gasteiger partial charge in [-0.25, -0.2) is 0 Å². The molecule has 0 N–H and O–H groups in total. The molecule has 72 heavy (non-hydrogen) atoms. The summed E-state index contributed by atoms with van der Waals surface area (Å²) in [4.78, 5) is 5.27. The number of fused-ring (bicyclic) bond motifs is 15. The first kappa shape index (κ1) is 42.2. The number of para-hydroxylation sites is 3. The average molecular weight is 947 g/mol. The van der Waals surface area contributed by atoms with Gasteiger partial charge < -0.3 is 18.9 Å². The predicted octanol–water partition coefficient (Wildman–Crippen LogP) is 16.5. The second kappa shape index (κ2) is 14.1.